The molecule has 1 fully saturated rings. The minimum atomic E-state index is 0.188. The molecule has 2 aromatic heterocycles. The highest BCUT2D eigenvalue weighted by molar-refractivity contribution is 5.95. The van der Waals surface area contributed by atoms with Crippen molar-refractivity contribution in [3.05, 3.63) is 60.4 Å². The van der Waals surface area contributed by atoms with E-state index in [1.165, 1.54) is 0 Å². The van der Waals surface area contributed by atoms with Crippen molar-refractivity contribution in [2.75, 3.05) is 20.3 Å². The van der Waals surface area contributed by atoms with Gasteiger partial charge in [-0.15, -0.1) is 0 Å². The van der Waals surface area contributed by atoms with Gasteiger partial charge in [0.1, 0.15) is 30.0 Å². The molecule has 6 nitrogen and oxygen atoms in total. The SMILES string of the molecule is CN=Cc1cc2c(Oc3ccc4[nH]ccc4c3)ccnc2cc1OC[C@H]1CO1. The number of nitrogens with zero attached hydrogens (tertiary/aromatic N) is 2. The molecule has 0 aliphatic carbocycles. The number of pyridine rings is 1. The second-order valence-electron chi connectivity index (χ2n) is 6.70. The lowest BCUT2D eigenvalue weighted by Crippen LogP contribution is -2.06. The zero-order chi connectivity index (χ0) is 18.9. The molecule has 0 radical (unpaired) electrons. The van der Waals surface area contributed by atoms with Gasteiger partial charge in [-0.05, 0) is 36.4 Å². The van der Waals surface area contributed by atoms with E-state index in [4.69, 9.17) is 14.2 Å². The molecule has 0 bridgehead atoms. The molecule has 3 heterocycles. The summed E-state index contributed by atoms with van der Waals surface area (Å²) < 4.78 is 17.3. The van der Waals surface area contributed by atoms with Gasteiger partial charge in [0.15, 0.2) is 0 Å². The second kappa shape index (κ2) is 6.98. The first-order valence-corrected chi connectivity index (χ1v) is 9.14. The van der Waals surface area contributed by atoms with Crippen LogP contribution in [0.3, 0.4) is 0 Å². The Bertz CT molecular complexity index is 1180. The third-order valence-electron chi connectivity index (χ3n) is 4.68. The van der Waals surface area contributed by atoms with Gasteiger partial charge in [0, 0.05) is 53.6 Å². The minimum Gasteiger partial charge on any atom is -0.490 e. The van der Waals surface area contributed by atoms with E-state index in [9.17, 15) is 0 Å². The summed E-state index contributed by atoms with van der Waals surface area (Å²) in [4.78, 5) is 11.8. The van der Waals surface area contributed by atoms with Gasteiger partial charge in [0.2, 0.25) is 0 Å². The predicted octanol–water partition coefficient (Wildman–Crippen LogP) is 4.33. The molecule has 6 heteroatoms. The Morgan fingerprint density at radius 1 is 1.21 bits per heavy atom. The number of hydrogen-bond acceptors (Lipinski definition) is 5. The molecule has 1 aliphatic heterocycles. The van der Waals surface area contributed by atoms with Crippen LogP contribution < -0.4 is 9.47 Å². The number of aromatic amines is 1. The Morgan fingerprint density at radius 2 is 2.14 bits per heavy atom. The van der Waals surface area contributed by atoms with Crippen LogP contribution in [0.15, 0.2) is 59.9 Å². The van der Waals surface area contributed by atoms with Gasteiger partial charge >= 0.3 is 0 Å². The maximum atomic E-state index is 6.19. The van der Waals surface area contributed by atoms with Crippen LogP contribution in [0.1, 0.15) is 5.56 Å². The number of hydrogen-bond donors (Lipinski definition) is 1. The van der Waals surface area contributed by atoms with E-state index in [0.29, 0.717) is 6.61 Å². The monoisotopic (exact) mass is 373 g/mol. The summed E-state index contributed by atoms with van der Waals surface area (Å²) in [7, 11) is 1.74. The fourth-order valence-electron chi connectivity index (χ4n) is 3.19. The van der Waals surface area contributed by atoms with Crippen molar-refractivity contribution < 1.29 is 14.2 Å². The molecular weight excluding hydrogens is 354 g/mol. The maximum absolute atomic E-state index is 6.19. The van der Waals surface area contributed by atoms with Gasteiger partial charge in [0.25, 0.3) is 0 Å². The van der Waals surface area contributed by atoms with Crippen molar-refractivity contribution >= 4 is 28.0 Å². The van der Waals surface area contributed by atoms with Gasteiger partial charge in [-0.3, -0.25) is 9.98 Å². The Kier molecular flexibility index (Phi) is 4.18. The van der Waals surface area contributed by atoms with E-state index in [1.807, 2.05) is 48.7 Å². The summed E-state index contributed by atoms with van der Waals surface area (Å²) in [6.45, 7) is 1.29. The smallest absolute Gasteiger partial charge is 0.138 e. The van der Waals surface area contributed by atoms with Crippen molar-refractivity contribution in [3.8, 4) is 17.2 Å². The topological polar surface area (TPSA) is 72.0 Å². The van der Waals surface area contributed by atoms with E-state index in [1.54, 1.807) is 19.5 Å². The molecular formula is C22H19N3O3. The van der Waals surface area contributed by atoms with Crippen LogP contribution in [-0.2, 0) is 4.74 Å². The summed E-state index contributed by atoms with van der Waals surface area (Å²) in [6.07, 6.45) is 5.63. The van der Waals surface area contributed by atoms with Crippen LogP contribution in [0.25, 0.3) is 21.8 Å². The molecule has 0 unspecified atom stereocenters. The van der Waals surface area contributed by atoms with E-state index in [2.05, 4.69) is 15.0 Å². The van der Waals surface area contributed by atoms with Crippen molar-refractivity contribution in [2.24, 2.45) is 4.99 Å². The molecule has 2 aromatic carbocycles. The Morgan fingerprint density at radius 3 is 3.00 bits per heavy atom. The lowest BCUT2D eigenvalue weighted by molar-refractivity contribution is 0.263. The van der Waals surface area contributed by atoms with Crippen LogP contribution >= 0.6 is 0 Å². The number of epoxide rings is 1. The first kappa shape index (κ1) is 16.8. The maximum Gasteiger partial charge on any atom is 0.138 e. The standard InChI is InChI=1S/C22H19N3O3/c1-23-11-15-9-18-20(10-22(15)27-13-17-12-26-17)25-7-5-21(18)28-16-2-3-19-14(8-16)4-6-24-19/h2-11,17,24H,12-13H2,1H3/t17-/m1/s1. The third-order valence-corrected chi connectivity index (χ3v) is 4.68. The second-order valence-corrected chi connectivity index (χ2v) is 6.70. The van der Waals surface area contributed by atoms with E-state index < -0.39 is 0 Å². The highest BCUT2D eigenvalue weighted by Gasteiger charge is 2.23. The van der Waals surface area contributed by atoms with Gasteiger partial charge in [-0.1, -0.05) is 0 Å². The number of aliphatic imine (C=N–C) groups is 1. The lowest BCUT2D eigenvalue weighted by Gasteiger charge is -2.12. The summed E-state index contributed by atoms with van der Waals surface area (Å²) in [5.41, 5.74) is 2.77. The number of aromatic nitrogens is 2. The fraction of sp³-hybridized carbons (Fsp3) is 0.182. The number of ether oxygens (including phenoxy) is 3. The van der Waals surface area contributed by atoms with Crippen molar-refractivity contribution in [1.29, 1.82) is 0 Å². The Labute approximate surface area is 161 Å². The summed E-state index contributed by atoms with van der Waals surface area (Å²) in [5, 5.41) is 2.01. The molecule has 1 aliphatic rings. The van der Waals surface area contributed by atoms with Gasteiger partial charge in [-0.25, -0.2) is 0 Å². The highest BCUT2D eigenvalue weighted by atomic mass is 16.6. The minimum absolute atomic E-state index is 0.188. The molecule has 0 spiro atoms. The van der Waals surface area contributed by atoms with Crippen LogP contribution in [0.5, 0.6) is 17.2 Å². The third kappa shape index (κ3) is 3.30. The summed E-state index contributed by atoms with van der Waals surface area (Å²) in [6, 6.07) is 13.8. The van der Waals surface area contributed by atoms with E-state index >= 15 is 0 Å². The molecule has 0 saturated carbocycles. The zero-order valence-corrected chi connectivity index (χ0v) is 15.4. The number of rotatable bonds is 6. The summed E-state index contributed by atoms with van der Waals surface area (Å²) >= 11 is 0. The first-order valence-electron chi connectivity index (χ1n) is 9.14. The average molecular weight is 373 g/mol. The molecule has 1 atom stereocenters. The van der Waals surface area contributed by atoms with Gasteiger partial charge < -0.3 is 19.2 Å². The van der Waals surface area contributed by atoms with Crippen molar-refractivity contribution in [1.82, 2.24) is 9.97 Å². The number of nitrogens with one attached hydrogen (secondary N) is 1. The van der Waals surface area contributed by atoms with E-state index in [0.717, 1.165) is 51.2 Å². The van der Waals surface area contributed by atoms with Crippen LogP contribution in [0, 0.1) is 0 Å². The van der Waals surface area contributed by atoms with Crippen LogP contribution in [0.2, 0.25) is 0 Å². The molecule has 140 valence electrons. The Balaban J connectivity index is 1.53. The molecule has 28 heavy (non-hydrogen) atoms. The fourth-order valence-corrected chi connectivity index (χ4v) is 3.19. The predicted molar refractivity (Wildman–Crippen MR) is 109 cm³/mol. The normalized spacial score (nSPS) is 16.1. The highest BCUT2D eigenvalue weighted by Crippen LogP contribution is 2.34. The summed E-state index contributed by atoms with van der Waals surface area (Å²) in [5.74, 6) is 2.26. The van der Waals surface area contributed by atoms with Crippen molar-refractivity contribution in [3.63, 3.8) is 0 Å². The average Bonchev–Trinajstić information content (AvgIpc) is 3.42. The molecule has 5 rings (SSSR count). The van der Waals surface area contributed by atoms with Crippen LogP contribution in [-0.4, -0.2) is 42.5 Å². The molecule has 4 aromatic rings. The molecule has 0 amide bonds. The van der Waals surface area contributed by atoms with Gasteiger partial charge in [-0.2, -0.15) is 0 Å². The quantitative estimate of drug-likeness (QED) is 0.403. The Hall–Kier alpha value is -3.38. The number of fused-ring (bicyclic) bond motifs is 2. The number of H-pyrrole nitrogens is 1. The van der Waals surface area contributed by atoms with E-state index in [-0.39, 0.29) is 6.10 Å². The first-order chi connectivity index (χ1) is 13.8. The number of benzene rings is 2. The zero-order valence-electron chi connectivity index (χ0n) is 15.4. The van der Waals surface area contributed by atoms with Crippen LogP contribution in [0.4, 0.5) is 0 Å². The molecule has 1 N–H and O–H groups in total. The largest absolute Gasteiger partial charge is 0.490 e. The van der Waals surface area contributed by atoms with Crippen molar-refractivity contribution in [2.45, 2.75) is 6.10 Å². The lowest BCUT2D eigenvalue weighted by atomic mass is 10.1. The van der Waals surface area contributed by atoms with Gasteiger partial charge in [0.05, 0.1) is 12.1 Å². The molecule has 1 saturated heterocycles.